The maximum Gasteiger partial charge on any atom is 0.410 e. The third kappa shape index (κ3) is 5.07. The summed E-state index contributed by atoms with van der Waals surface area (Å²) in [6.45, 7) is 6.56. The second-order valence-electron chi connectivity index (χ2n) is 5.87. The first-order valence-electron chi connectivity index (χ1n) is 6.68. The first-order chi connectivity index (χ1) is 9.24. The third-order valence-electron chi connectivity index (χ3n) is 2.98. The molecule has 1 fully saturated rings. The van der Waals surface area contributed by atoms with Crippen LogP contribution >= 0.6 is 11.6 Å². The van der Waals surface area contributed by atoms with Gasteiger partial charge in [-0.15, -0.1) is 0 Å². The van der Waals surface area contributed by atoms with Crippen molar-refractivity contribution < 1.29 is 19.1 Å². The van der Waals surface area contributed by atoms with Crippen LogP contribution in [0.5, 0.6) is 0 Å². The normalized spacial score (nSPS) is 18.9. The predicted molar refractivity (Wildman–Crippen MR) is 75.8 cm³/mol. The van der Waals surface area contributed by atoms with Crippen molar-refractivity contribution in [3.05, 3.63) is 0 Å². The van der Waals surface area contributed by atoms with Gasteiger partial charge < -0.3 is 19.3 Å². The fourth-order valence-electron chi connectivity index (χ4n) is 2.13. The predicted octanol–water partition coefficient (Wildman–Crippen LogP) is 2.65. The number of alkyl halides is 1. The lowest BCUT2D eigenvalue weighted by molar-refractivity contribution is 0.0199. The van der Waals surface area contributed by atoms with Crippen molar-refractivity contribution in [1.29, 1.82) is 0 Å². The number of nitrogens with zero attached hydrogens (tertiary/aromatic N) is 2. The number of carbonyl (C=O) groups is 2. The highest BCUT2D eigenvalue weighted by Gasteiger charge is 2.33. The van der Waals surface area contributed by atoms with Crippen LogP contribution in [0.4, 0.5) is 9.59 Å². The Morgan fingerprint density at radius 3 is 2.60 bits per heavy atom. The van der Waals surface area contributed by atoms with Crippen LogP contribution < -0.4 is 0 Å². The molecule has 0 N–H and O–H groups in total. The molecule has 0 bridgehead atoms. The van der Waals surface area contributed by atoms with Gasteiger partial charge in [0.15, 0.2) is 6.07 Å². The van der Waals surface area contributed by atoms with Gasteiger partial charge in [0.25, 0.3) is 0 Å². The summed E-state index contributed by atoms with van der Waals surface area (Å²) < 4.78 is 10.1. The molecule has 1 saturated heterocycles. The molecule has 6 nitrogen and oxygen atoms in total. The Kier molecular flexibility index (Phi) is 5.92. The molecule has 0 unspecified atom stereocenters. The van der Waals surface area contributed by atoms with Gasteiger partial charge in [-0.25, -0.2) is 9.59 Å². The molecule has 1 atom stereocenters. The second kappa shape index (κ2) is 7.02. The smallest absolute Gasteiger partial charge is 0.410 e. The van der Waals surface area contributed by atoms with Crippen LogP contribution in [0.3, 0.4) is 0 Å². The van der Waals surface area contributed by atoms with E-state index in [9.17, 15) is 9.59 Å². The topological polar surface area (TPSA) is 59.1 Å². The van der Waals surface area contributed by atoms with Crippen LogP contribution in [0.25, 0.3) is 0 Å². The summed E-state index contributed by atoms with van der Waals surface area (Å²) in [6, 6.07) is -0.221. The number of halogens is 1. The van der Waals surface area contributed by atoms with E-state index in [1.807, 2.05) is 20.8 Å². The average Bonchev–Trinajstić information content (AvgIpc) is 2.75. The molecule has 1 rings (SSSR count). The molecular formula is C13H23ClN2O4. The lowest BCUT2D eigenvalue weighted by Gasteiger charge is -2.30. The number of hydrogen-bond donors (Lipinski definition) is 0. The van der Waals surface area contributed by atoms with Crippen molar-refractivity contribution in [3.8, 4) is 0 Å². The molecule has 1 aliphatic rings. The SMILES string of the molecule is CN(C[C@@H]1CCCN1C(=O)OC(C)(C)C)C(=O)OCCl. The largest absolute Gasteiger partial charge is 0.444 e. The zero-order valence-electron chi connectivity index (χ0n) is 12.5. The quantitative estimate of drug-likeness (QED) is 0.752. The maximum absolute atomic E-state index is 12.1. The monoisotopic (exact) mass is 306 g/mol. The Balaban J connectivity index is 2.57. The van der Waals surface area contributed by atoms with Crippen molar-refractivity contribution in [2.45, 2.75) is 45.3 Å². The molecule has 1 heterocycles. The fourth-order valence-corrected chi connectivity index (χ4v) is 2.23. The van der Waals surface area contributed by atoms with Crippen molar-refractivity contribution in [2.24, 2.45) is 0 Å². The number of amides is 2. The molecule has 0 saturated carbocycles. The standard InChI is InChI=1S/C13H23ClN2O4/c1-13(2,3)20-12(18)16-7-5-6-10(16)8-15(4)11(17)19-9-14/h10H,5-9H2,1-4H3/t10-/m0/s1. The van der Waals surface area contributed by atoms with Crippen molar-refractivity contribution in [2.75, 3.05) is 26.2 Å². The van der Waals surface area contributed by atoms with Gasteiger partial charge in [0.2, 0.25) is 0 Å². The molecule has 1 aliphatic heterocycles. The number of carbonyl (C=O) groups excluding carboxylic acids is 2. The Bertz CT molecular complexity index is 357. The molecule has 0 radical (unpaired) electrons. The van der Waals surface area contributed by atoms with Gasteiger partial charge >= 0.3 is 12.2 Å². The van der Waals surface area contributed by atoms with Crippen LogP contribution in [-0.2, 0) is 9.47 Å². The maximum atomic E-state index is 12.1. The lowest BCUT2D eigenvalue weighted by Crippen LogP contribution is -2.45. The third-order valence-corrected chi connectivity index (χ3v) is 3.09. The average molecular weight is 307 g/mol. The van der Waals surface area contributed by atoms with E-state index in [1.54, 1.807) is 11.9 Å². The highest BCUT2D eigenvalue weighted by Crippen LogP contribution is 2.21. The number of likely N-dealkylation sites (tertiary alicyclic amines) is 1. The van der Waals surface area contributed by atoms with Crippen LogP contribution in [0.15, 0.2) is 0 Å². The highest BCUT2D eigenvalue weighted by molar-refractivity contribution is 6.17. The van der Waals surface area contributed by atoms with E-state index in [-0.39, 0.29) is 18.2 Å². The van der Waals surface area contributed by atoms with Gasteiger partial charge in [-0.2, -0.15) is 0 Å². The number of ether oxygens (including phenoxy) is 2. The Labute approximate surface area is 124 Å². The summed E-state index contributed by atoms with van der Waals surface area (Å²) in [5, 5.41) is 0. The second-order valence-corrected chi connectivity index (χ2v) is 6.09. The van der Waals surface area contributed by atoms with E-state index in [4.69, 9.17) is 21.1 Å². The molecule has 7 heteroatoms. The molecule has 20 heavy (non-hydrogen) atoms. The first kappa shape index (κ1) is 16.9. The van der Waals surface area contributed by atoms with Crippen molar-refractivity contribution in [3.63, 3.8) is 0 Å². The van der Waals surface area contributed by atoms with E-state index in [1.165, 1.54) is 4.90 Å². The summed E-state index contributed by atoms with van der Waals surface area (Å²) >= 11 is 5.35. The first-order valence-corrected chi connectivity index (χ1v) is 7.21. The molecular weight excluding hydrogens is 284 g/mol. The van der Waals surface area contributed by atoms with E-state index < -0.39 is 11.7 Å². The van der Waals surface area contributed by atoms with Gasteiger partial charge in [-0.1, -0.05) is 11.6 Å². The van der Waals surface area contributed by atoms with E-state index in [2.05, 4.69) is 0 Å². The summed E-state index contributed by atoms with van der Waals surface area (Å²) in [6.07, 6.45) is 0.926. The van der Waals surface area contributed by atoms with Gasteiger partial charge in [0.1, 0.15) is 5.60 Å². The minimum atomic E-state index is -0.520. The molecule has 0 aromatic heterocycles. The Hall–Kier alpha value is -1.17. The summed E-state index contributed by atoms with van der Waals surface area (Å²) in [7, 11) is 1.63. The summed E-state index contributed by atoms with van der Waals surface area (Å²) in [5.41, 5.74) is -0.520. The highest BCUT2D eigenvalue weighted by atomic mass is 35.5. The Morgan fingerprint density at radius 1 is 1.40 bits per heavy atom. The van der Waals surface area contributed by atoms with E-state index >= 15 is 0 Å². The zero-order chi connectivity index (χ0) is 15.3. The minimum absolute atomic E-state index is 0.0438. The minimum Gasteiger partial charge on any atom is -0.444 e. The van der Waals surface area contributed by atoms with Gasteiger partial charge in [0, 0.05) is 20.1 Å². The summed E-state index contributed by atoms with van der Waals surface area (Å²) in [4.78, 5) is 26.7. The van der Waals surface area contributed by atoms with Gasteiger partial charge in [-0.05, 0) is 33.6 Å². The van der Waals surface area contributed by atoms with Crippen LogP contribution in [-0.4, -0.2) is 59.8 Å². The number of rotatable bonds is 3. The van der Waals surface area contributed by atoms with Crippen molar-refractivity contribution in [1.82, 2.24) is 9.80 Å². The van der Waals surface area contributed by atoms with Gasteiger partial charge in [0.05, 0.1) is 6.04 Å². The van der Waals surface area contributed by atoms with Crippen LogP contribution in [0, 0.1) is 0 Å². The molecule has 0 aliphatic carbocycles. The van der Waals surface area contributed by atoms with Gasteiger partial charge in [-0.3, -0.25) is 0 Å². The van der Waals surface area contributed by atoms with E-state index in [0.29, 0.717) is 13.1 Å². The van der Waals surface area contributed by atoms with Crippen molar-refractivity contribution >= 4 is 23.8 Å². The zero-order valence-corrected chi connectivity index (χ0v) is 13.3. The molecule has 0 aromatic carbocycles. The summed E-state index contributed by atoms with van der Waals surface area (Å²) in [5.74, 6) is 0. The lowest BCUT2D eigenvalue weighted by atomic mass is 10.2. The number of likely N-dealkylation sites (N-methyl/N-ethyl adjacent to an activating group) is 1. The molecule has 116 valence electrons. The van der Waals surface area contributed by atoms with Crippen LogP contribution in [0.1, 0.15) is 33.6 Å². The van der Waals surface area contributed by atoms with E-state index in [0.717, 1.165) is 12.8 Å². The Morgan fingerprint density at radius 2 is 2.05 bits per heavy atom. The molecule has 2 amide bonds. The molecule has 0 spiro atoms. The number of hydrogen-bond acceptors (Lipinski definition) is 4. The fraction of sp³-hybridized carbons (Fsp3) is 0.846. The van der Waals surface area contributed by atoms with Crippen LogP contribution in [0.2, 0.25) is 0 Å². The molecule has 0 aromatic rings.